The number of phenolic OH excluding ortho intramolecular Hbond substituents is 1. The normalized spacial score (nSPS) is 18.2. The molecule has 1 heterocycles. The predicted octanol–water partition coefficient (Wildman–Crippen LogP) is 3.42. The fourth-order valence-corrected chi connectivity index (χ4v) is 3.29. The van der Waals surface area contributed by atoms with Crippen molar-refractivity contribution in [1.82, 2.24) is 4.90 Å². The van der Waals surface area contributed by atoms with Gasteiger partial charge in [0.05, 0.1) is 0 Å². The molecule has 23 heavy (non-hydrogen) atoms. The highest BCUT2D eigenvalue weighted by Crippen LogP contribution is 2.26. The van der Waals surface area contributed by atoms with Gasteiger partial charge in [0.15, 0.2) is 0 Å². The van der Waals surface area contributed by atoms with Crippen molar-refractivity contribution in [2.24, 2.45) is 5.92 Å². The largest absolute Gasteiger partial charge is 0.508 e. The van der Waals surface area contributed by atoms with E-state index in [-0.39, 0.29) is 11.8 Å². The van der Waals surface area contributed by atoms with E-state index >= 15 is 0 Å². The van der Waals surface area contributed by atoms with Crippen molar-refractivity contribution in [3.63, 3.8) is 0 Å². The maximum Gasteiger partial charge on any atom is 0.226 e. The molecule has 3 nitrogen and oxygen atoms in total. The van der Waals surface area contributed by atoms with Crippen molar-refractivity contribution in [2.45, 2.75) is 25.7 Å². The Morgan fingerprint density at radius 1 is 1.04 bits per heavy atom. The van der Waals surface area contributed by atoms with Crippen molar-refractivity contribution in [3.05, 3.63) is 65.7 Å². The lowest BCUT2D eigenvalue weighted by Gasteiger charge is -2.32. The van der Waals surface area contributed by atoms with Gasteiger partial charge >= 0.3 is 0 Å². The van der Waals surface area contributed by atoms with Crippen LogP contribution in [0.4, 0.5) is 0 Å². The second kappa shape index (κ2) is 7.32. The minimum absolute atomic E-state index is 0.00665. The molecular weight excluding hydrogens is 286 g/mol. The summed E-state index contributed by atoms with van der Waals surface area (Å²) in [6.45, 7) is 1.63. The van der Waals surface area contributed by atoms with Crippen LogP contribution in [0.15, 0.2) is 54.6 Å². The summed E-state index contributed by atoms with van der Waals surface area (Å²) in [5, 5.41) is 9.92. The van der Waals surface area contributed by atoms with Crippen molar-refractivity contribution in [3.8, 4) is 5.75 Å². The predicted molar refractivity (Wildman–Crippen MR) is 91.3 cm³/mol. The topological polar surface area (TPSA) is 40.5 Å². The third kappa shape index (κ3) is 3.92. The lowest BCUT2D eigenvalue weighted by atomic mass is 9.90. The molecule has 0 aliphatic carbocycles. The Balaban J connectivity index is 1.61. The molecule has 0 aromatic heterocycles. The molecule has 1 amide bonds. The van der Waals surface area contributed by atoms with Crippen LogP contribution in [0.5, 0.6) is 5.75 Å². The summed E-state index contributed by atoms with van der Waals surface area (Å²) in [6, 6.07) is 17.6. The molecule has 3 rings (SSSR count). The molecule has 0 spiro atoms. The van der Waals surface area contributed by atoms with E-state index in [1.165, 1.54) is 5.56 Å². The summed E-state index contributed by atoms with van der Waals surface area (Å²) >= 11 is 0. The number of likely N-dealkylation sites (tertiary alicyclic amines) is 1. The van der Waals surface area contributed by atoms with Crippen LogP contribution in [0.25, 0.3) is 0 Å². The molecule has 1 aliphatic rings. The first-order valence-corrected chi connectivity index (χ1v) is 8.33. The standard InChI is InChI=1S/C20H23NO2/c22-19-11-5-4-9-17(19)15-18-10-6-13-21(20(18)23)14-12-16-7-2-1-3-8-16/h1-5,7-9,11,18,22H,6,10,12-15H2. The van der Waals surface area contributed by atoms with Gasteiger partial charge in [-0.3, -0.25) is 4.79 Å². The second-order valence-electron chi connectivity index (χ2n) is 6.23. The highest BCUT2D eigenvalue weighted by atomic mass is 16.3. The van der Waals surface area contributed by atoms with E-state index < -0.39 is 0 Å². The number of nitrogens with zero attached hydrogens (tertiary/aromatic N) is 1. The first-order valence-electron chi connectivity index (χ1n) is 8.33. The molecule has 2 aromatic rings. The zero-order valence-corrected chi connectivity index (χ0v) is 13.3. The fraction of sp³-hybridized carbons (Fsp3) is 0.350. The van der Waals surface area contributed by atoms with Crippen LogP contribution >= 0.6 is 0 Å². The molecule has 0 bridgehead atoms. The van der Waals surface area contributed by atoms with Crippen molar-refractivity contribution < 1.29 is 9.90 Å². The lowest BCUT2D eigenvalue weighted by molar-refractivity contribution is -0.138. The van der Waals surface area contributed by atoms with E-state index in [1.807, 2.05) is 41.3 Å². The Labute approximate surface area is 137 Å². The number of hydrogen-bond donors (Lipinski definition) is 1. The van der Waals surface area contributed by atoms with Crippen molar-refractivity contribution >= 4 is 5.91 Å². The number of hydrogen-bond acceptors (Lipinski definition) is 2. The Morgan fingerprint density at radius 2 is 1.78 bits per heavy atom. The molecule has 1 saturated heterocycles. The van der Waals surface area contributed by atoms with E-state index in [9.17, 15) is 9.90 Å². The first-order chi connectivity index (χ1) is 11.2. The Hall–Kier alpha value is -2.29. The summed E-state index contributed by atoms with van der Waals surface area (Å²) in [5.41, 5.74) is 2.14. The third-order valence-electron chi connectivity index (χ3n) is 4.61. The monoisotopic (exact) mass is 309 g/mol. The van der Waals surface area contributed by atoms with Gasteiger partial charge in [-0.15, -0.1) is 0 Å². The molecule has 1 unspecified atom stereocenters. The number of rotatable bonds is 5. The first kappa shape index (κ1) is 15.6. The SMILES string of the molecule is O=C1C(Cc2ccccc2O)CCCN1CCc1ccccc1. The maximum absolute atomic E-state index is 12.7. The summed E-state index contributed by atoms with van der Waals surface area (Å²) in [4.78, 5) is 14.7. The molecule has 0 saturated carbocycles. The van der Waals surface area contributed by atoms with E-state index in [0.29, 0.717) is 12.2 Å². The zero-order chi connectivity index (χ0) is 16.1. The number of para-hydroxylation sites is 1. The van der Waals surface area contributed by atoms with Gasteiger partial charge in [-0.25, -0.2) is 0 Å². The molecule has 0 radical (unpaired) electrons. The van der Waals surface area contributed by atoms with Crippen LogP contribution in [0.3, 0.4) is 0 Å². The van der Waals surface area contributed by atoms with E-state index in [2.05, 4.69) is 12.1 Å². The molecule has 1 fully saturated rings. The molecule has 1 aliphatic heterocycles. The highest BCUT2D eigenvalue weighted by molar-refractivity contribution is 5.80. The third-order valence-corrected chi connectivity index (χ3v) is 4.61. The Kier molecular flexibility index (Phi) is 4.96. The van der Waals surface area contributed by atoms with Crippen molar-refractivity contribution in [2.75, 3.05) is 13.1 Å². The van der Waals surface area contributed by atoms with E-state index in [1.54, 1.807) is 6.07 Å². The van der Waals surface area contributed by atoms with Gasteiger partial charge in [-0.2, -0.15) is 0 Å². The van der Waals surface area contributed by atoms with Gasteiger partial charge < -0.3 is 10.0 Å². The smallest absolute Gasteiger partial charge is 0.226 e. The molecule has 2 aromatic carbocycles. The van der Waals surface area contributed by atoms with Crippen LogP contribution in [-0.4, -0.2) is 29.0 Å². The quantitative estimate of drug-likeness (QED) is 0.919. The second-order valence-corrected chi connectivity index (χ2v) is 6.23. The van der Waals surface area contributed by atoms with Gasteiger partial charge in [0.2, 0.25) is 5.91 Å². The van der Waals surface area contributed by atoms with Gasteiger partial charge in [-0.05, 0) is 42.9 Å². The number of carbonyl (C=O) groups excluding carboxylic acids is 1. The van der Waals surface area contributed by atoms with Gasteiger partial charge in [0.1, 0.15) is 5.75 Å². The minimum Gasteiger partial charge on any atom is -0.508 e. The average Bonchev–Trinajstić information content (AvgIpc) is 2.58. The van der Waals surface area contributed by atoms with Crippen LogP contribution in [0, 0.1) is 5.92 Å². The molecular formula is C20H23NO2. The Bertz CT molecular complexity index is 654. The van der Waals surface area contributed by atoms with Crippen molar-refractivity contribution in [1.29, 1.82) is 0 Å². The zero-order valence-electron chi connectivity index (χ0n) is 13.3. The van der Waals surface area contributed by atoms with Crippen LogP contribution in [-0.2, 0) is 17.6 Å². The van der Waals surface area contributed by atoms with Gasteiger partial charge in [-0.1, -0.05) is 48.5 Å². The fourth-order valence-electron chi connectivity index (χ4n) is 3.29. The van der Waals surface area contributed by atoms with E-state index in [4.69, 9.17) is 0 Å². The van der Waals surface area contributed by atoms with Gasteiger partial charge in [0.25, 0.3) is 0 Å². The minimum atomic E-state index is -0.00665. The average molecular weight is 309 g/mol. The summed E-state index contributed by atoms with van der Waals surface area (Å²) in [7, 11) is 0. The molecule has 1 atom stereocenters. The highest BCUT2D eigenvalue weighted by Gasteiger charge is 2.28. The molecule has 1 N–H and O–H groups in total. The molecule has 120 valence electrons. The lowest BCUT2D eigenvalue weighted by Crippen LogP contribution is -2.42. The summed E-state index contributed by atoms with van der Waals surface area (Å²) < 4.78 is 0. The number of phenols is 1. The van der Waals surface area contributed by atoms with Gasteiger partial charge in [0, 0.05) is 19.0 Å². The Morgan fingerprint density at radius 3 is 2.57 bits per heavy atom. The number of aromatic hydroxyl groups is 1. The number of benzene rings is 2. The summed E-state index contributed by atoms with van der Waals surface area (Å²) in [6.07, 6.45) is 3.48. The number of amides is 1. The number of piperidine rings is 1. The summed E-state index contributed by atoms with van der Waals surface area (Å²) in [5.74, 6) is 0.518. The van der Waals surface area contributed by atoms with Crippen LogP contribution in [0.1, 0.15) is 24.0 Å². The molecule has 3 heteroatoms. The maximum atomic E-state index is 12.7. The van der Waals surface area contributed by atoms with E-state index in [0.717, 1.165) is 37.9 Å². The number of carbonyl (C=O) groups is 1. The van der Waals surface area contributed by atoms with Crippen LogP contribution in [0.2, 0.25) is 0 Å². The van der Waals surface area contributed by atoms with Crippen LogP contribution < -0.4 is 0 Å².